The molecule has 0 radical (unpaired) electrons. The summed E-state index contributed by atoms with van der Waals surface area (Å²) in [6, 6.07) is 20.6. The van der Waals surface area contributed by atoms with Crippen LogP contribution in [0.2, 0.25) is 0 Å². The van der Waals surface area contributed by atoms with Crippen molar-refractivity contribution in [2.24, 2.45) is 5.10 Å². The summed E-state index contributed by atoms with van der Waals surface area (Å²) < 4.78 is 2.77. The first-order valence-corrected chi connectivity index (χ1v) is 11.6. The van der Waals surface area contributed by atoms with Crippen molar-refractivity contribution in [1.82, 2.24) is 9.99 Å². The third-order valence-electron chi connectivity index (χ3n) is 5.65. The van der Waals surface area contributed by atoms with E-state index in [1.54, 1.807) is 36.5 Å². The second-order valence-corrected chi connectivity index (χ2v) is 9.11. The minimum atomic E-state index is -0.977. The fourth-order valence-electron chi connectivity index (χ4n) is 3.98. The number of nitrogens with zero attached hydrogens (tertiary/aromatic N) is 3. The molecule has 0 atom stereocenters. The van der Waals surface area contributed by atoms with Crippen molar-refractivity contribution in [3.8, 4) is 0 Å². The smallest absolute Gasteiger partial charge is 0.335 e. The summed E-state index contributed by atoms with van der Waals surface area (Å²) in [6.45, 7) is 0.468. The van der Waals surface area contributed by atoms with Crippen LogP contribution in [0.25, 0.3) is 21.0 Å². The number of non-ortho nitro benzene ring substituents is 1. The highest BCUT2D eigenvalue weighted by Crippen LogP contribution is 2.29. The van der Waals surface area contributed by atoms with E-state index in [9.17, 15) is 24.8 Å². The predicted octanol–water partition coefficient (Wildman–Crippen LogP) is 5.27. The van der Waals surface area contributed by atoms with Crippen LogP contribution in [0.4, 0.5) is 5.69 Å². The molecule has 10 heteroatoms. The first kappa shape index (κ1) is 22.9. The molecule has 3 aromatic carbocycles. The highest BCUT2D eigenvalue weighted by Gasteiger charge is 2.13. The molecule has 0 aliphatic heterocycles. The summed E-state index contributed by atoms with van der Waals surface area (Å²) in [4.78, 5) is 34.8. The first-order valence-electron chi connectivity index (χ1n) is 10.8. The molecule has 2 heterocycles. The molecule has 0 aliphatic rings. The summed E-state index contributed by atoms with van der Waals surface area (Å²) in [6.07, 6.45) is 3.45. The maximum atomic E-state index is 12.6. The van der Waals surface area contributed by atoms with E-state index < -0.39 is 16.8 Å². The minimum absolute atomic E-state index is 0.0312. The number of hydrogen-bond donors (Lipinski definition) is 2. The Morgan fingerprint density at radius 2 is 1.92 bits per heavy atom. The highest BCUT2D eigenvalue weighted by atomic mass is 32.1. The Labute approximate surface area is 208 Å². The maximum absolute atomic E-state index is 12.6. The van der Waals surface area contributed by atoms with E-state index in [1.165, 1.54) is 23.5 Å². The van der Waals surface area contributed by atoms with E-state index in [0.717, 1.165) is 26.7 Å². The Kier molecular flexibility index (Phi) is 6.01. The number of hydrazone groups is 1. The van der Waals surface area contributed by atoms with E-state index in [2.05, 4.69) is 10.5 Å². The predicted molar refractivity (Wildman–Crippen MR) is 138 cm³/mol. The average Bonchev–Trinajstić information content (AvgIpc) is 3.45. The largest absolute Gasteiger partial charge is 0.478 e. The molecule has 1 amide bonds. The monoisotopic (exact) mass is 498 g/mol. The molecular formula is C26H18N4O5S. The number of fused-ring (bicyclic) bond motifs is 2. The molecule has 9 nitrogen and oxygen atoms in total. The number of rotatable bonds is 7. The summed E-state index contributed by atoms with van der Waals surface area (Å²) in [5.41, 5.74) is 5.29. The van der Waals surface area contributed by atoms with Crippen LogP contribution in [-0.2, 0) is 6.54 Å². The zero-order chi connectivity index (χ0) is 25.2. The molecule has 36 heavy (non-hydrogen) atoms. The number of nitrogens with one attached hydrogen (secondary N) is 1. The number of benzene rings is 3. The number of carboxylic acids is 1. The van der Waals surface area contributed by atoms with Gasteiger partial charge >= 0.3 is 5.97 Å². The lowest BCUT2D eigenvalue weighted by atomic mass is 10.1. The van der Waals surface area contributed by atoms with Crippen molar-refractivity contribution in [3.63, 3.8) is 0 Å². The van der Waals surface area contributed by atoms with Crippen molar-refractivity contribution in [3.05, 3.63) is 111 Å². The molecule has 0 bridgehead atoms. The number of nitro benzene ring substituents is 1. The van der Waals surface area contributed by atoms with E-state index >= 15 is 0 Å². The van der Waals surface area contributed by atoms with Crippen LogP contribution < -0.4 is 5.43 Å². The van der Waals surface area contributed by atoms with Crippen LogP contribution in [0.15, 0.2) is 84.1 Å². The Balaban J connectivity index is 1.36. The molecule has 0 unspecified atom stereocenters. The van der Waals surface area contributed by atoms with Gasteiger partial charge in [-0.25, -0.2) is 10.2 Å². The molecule has 0 spiro atoms. The van der Waals surface area contributed by atoms with Gasteiger partial charge in [-0.05, 0) is 35.9 Å². The van der Waals surface area contributed by atoms with Gasteiger partial charge in [-0.15, -0.1) is 11.3 Å². The van der Waals surface area contributed by atoms with Gasteiger partial charge in [0.15, 0.2) is 0 Å². The zero-order valence-electron chi connectivity index (χ0n) is 18.6. The van der Waals surface area contributed by atoms with Crippen LogP contribution in [0.1, 0.15) is 31.2 Å². The standard InChI is InChI=1S/C26H18N4O5S/c31-25(24-12-18-11-20(30(34)35)8-9-23(18)36-24)28-27-13-19-15-29(22-7-2-1-6-21(19)22)14-16-4-3-5-17(10-16)26(32)33/h1-13,15H,14H2,(H,28,31)(H,32,33)/b27-13-. The summed E-state index contributed by atoms with van der Waals surface area (Å²) in [7, 11) is 0. The van der Waals surface area contributed by atoms with Gasteiger partial charge in [-0.1, -0.05) is 30.3 Å². The molecule has 5 rings (SSSR count). The van der Waals surface area contributed by atoms with Crippen LogP contribution in [0.5, 0.6) is 0 Å². The van der Waals surface area contributed by atoms with Crippen LogP contribution in [0.3, 0.4) is 0 Å². The van der Waals surface area contributed by atoms with Gasteiger partial charge in [0.2, 0.25) is 0 Å². The van der Waals surface area contributed by atoms with Crippen molar-refractivity contribution in [2.75, 3.05) is 0 Å². The van der Waals surface area contributed by atoms with Crippen molar-refractivity contribution < 1.29 is 19.6 Å². The van der Waals surface area contributed by atoms with Gasteiger partial charge in [0, 0.05) is 51.4 Å². The summed E-state index contributed by atoms with van der Waals surface area (Å²) >= 11 is 1.23. The van der Waals surface area contributed by atoms with E-state index in [0.29, 0.717) is 16.8 Å². The number of carbonyl (C=O) groups excluding carboxylic acids is 1. The van der Waals surface area contributed by atoms with Crippen molar-refractivity contribution in [1.29, 1.82) is 0 Å². The Hall–Kier alpha value is -4.83. The Morgan fingerprint density at radius 3 is 2.72 bits per heavy atom. The molecule has 0 saturated heterocycles. The second kappa shape index (κ2) is 9.43. The quantitative estimate of drug-likeness (QED) is 0.179. The first-order chi connectivity index (χ1) is 17.4. The fourth-order valence-corrected chi connectivity index (χ4v) is 4.91. The average molecular weight is 499 g/mol. The Bertz CT molecular complexity index is 1680. The molecule has 0 aliphatic carbocycles. The van der Waals surface area contributed by atoms with Gasteiger partial charge in [-0.3, -0.25) is 14.9 Å². The van der Waals surface area contributed by atoms with Crippen molar-refractivity contribution >= 4 is 56.1 Å². The van der Waals surface area contributed by atoms with Crippen LogP contribution >= 0.6 is 11.3 Å². The maximum Gasteiger partial charge on any atom is 0.335 e. The van der Waals surface area contributed by atoms with Gasteiger partial charge in [-0.2, -0.15) is 5.10 Å². The molecular weight excluding hydrogens is 480 g/mol. The molecule has 178 valence electrons. The van der Waals surface area contributed by atoms with Crippen LogP contribution in [-0.4, -0.2) is 32.7 Å². The van der Waals surface area contributed by atoms with Gasteiger partial charge < -0.3 is 9.67 Å². The summed E-state index contributed by atoms with van der Waals surface area (Å²) in [5, 5.41) is 25.9. The van der Waals surface area contributed by atoms with Crippen LogP contribution in [0, 0.1) is 10.1 Å². The van der Waals surface area contributed by atoms with E-state index in [4.69, 9.17) is 0 Å². The van der Waals surface area contributed by atoms with Gasteiger partial charge in [0.25, 0.3) is 11.6 Å². The molecule has 2 N–H and O–H groups in total. The minimum Gasteiger partial charge on any atom is -0.478 e. The number of carbonyl (C=O) groups is 2. The number of nitro groups is 1. The lowest BCUT2D eigenvalue weighted by Crippen LogP contribution is -2.16. The third kappa shape index (κ3) is 4.57. The number of thiophene rings is 1. The number of amides is 1. The van der Waals surface area contributed by atoms with E-state index in [-0.39, 0.29) is 11.3 Å². The second-order valence-electron chi connectivity index (χ2n) is 8.02. The zero-order valence-corrected chi connectivity index (χ0v) is 19.4. The lowest BCUT2D eigenvalue weighted by molar-refractivity contribution is -0.384. The fraction of sp³-hybridized carbons (Fsp3) is 0.0385. The van der Waals surface area contributed by atoms with Gasteiger partial charge in [0.05, 0.1) is 21.6 Å². The third-order valence-corrected chi connectivity index (χ3v) is 6.77. The van der Waals surface area contributed by atoms with Crippen molar-refractivity contribution in [2.45, 2.75) is 6.54 Å². The summed E-state index contributed by atoms with van der Waals surface area (Å²) in [5.74, 6) is -1.39. The highest BCUT2D eigenvalue weighted by molar-refractivity contribution is 7.20. The molecule has 5 aromatic rings. The van der Waals surface area contributed by atoms with Gasteiger partial charge in [0.1, 0.15) is 0 Å². The number of aromatic nitrogens is 1. The SMILES string of the molecule is O=C(O)c1cccc(Cn2cc(/C=N\NC(=O)c3cc4cc([N+](=O)[O-])ccc4s3)c3ccccc32)c1. The number of para-hydroxylation sites is 1. The number of aromatic carboxylic acids is 1. The molecule has 2 aromatic heterocycles. The number of carboxylic acid groups (broad SMARTS) is 1. The lowest BCUT2D eigenvalue weighted by Gasteiger charge is -2.06. The number of hydrogen-bond acceptors (Lipinski definition) is 6. The van der Waals surface area contributed by atoms with E-state index in [1.807, 2.05) is 41.1 Å². The molecule has 0 saturated carbocycles. The Morgan fingerprint density at radius 1 is 1.08 bits per heavy atom. The topological polar surface area (TPSA) is 127 Å². The molecule has 0 fully saturated rings. The normalized spacial score (nSPS) is 11.3.